The molecule has 1 fully saturated rings. The SMILES string of the molecule is O=C(CN(Cc1cccs1)C[C@H]1CCCO1)N1N=C(c2ccco2)C[C@@H]1c1ccco1. The van der Waals surface area contributed by atoms with Crippen LogP contribution in [0.25, 0.3) is 0 Å². The van der Waals surface area contributed by atoms with Crippen molar-refractivity contribution in [2.24, 2.45) is 5.10 Å². The number of rotatable bonds is 8. The molecule has 2 atom stereocenters. The summed E-state index contributed by atoms with van der Waals surface area (Å²) in [5.41, 5.74) is 0.753. The minimum Gasteiger partial charge on any atom is -0.467 e. The second-order valence-electron chi connectivity index (χ2n) is 7.88. The minimum atomic E-state index is -0.270. The number of hydrogen-bond acceptors (Lipinski definition) is 7. The maximum atomic E-state index is 13.4. The van der Waals surface area contributed by atoms with Crippen LogP contribution in [0.1, 0.15) is 41.7 Å². The highest BCUT2D eigenvalue weighted by atomic mass is 32.1. The molecule has 3 aromatic rings. The molecule has 5 heterocycles. The van der Waals surface area contributed by atoms with Crippen LogP contribution in [0.3, 0.4) is 0 Å². The number of nitrogens with zero attached hydrogens (tertiary/aromatic N) is 3. The summed E-state index contributed by atoms with van der Waals surface area (Å²) in [5.74, 6) is 1.35. The normalized spacial score (nSPS) is 21.2. The van der Waals surface area contributed by atoms with E-state index in [2.05, 4.69) is 21.4 Å². The Balaban J connectivity index is 1.35. The number of amides is 1. The highest BCUT2D eigenvalue weighted by molar-refractivity contribution is 7.09. The minimum absolute atomic E-state index is 0.0579. The van der Waals surface area contributed by atoms with E-state index < -0.39 is 0 Å². The Morgan fingerprint density at radius 2 is 2.10 bits per heavy atom. The van der Waals surface area contributed by atoms with Crippen molar-refractivity contribution in [3.63, 3.8) is 0 Å². The van der Waals surface area contributed by atoms with E-state index in [0.29, 0.717) is 12.2 Å². The summed E-state index contributed by atoms with van der Waals surface area (Å²) in [6, 6.07) is 11.3. The van der Waals surface area contributed by atoms with E-state index in [-0.39, 0.29) is 24.6 Å². The summed E-state index contributed by atoms with van der Waals surface area (Å²) in [5, 5.41) is 8.27. The van der Waals surface area contributed by atoms with E-state index in [1.54, 1.807) is 28.9 Å². The quantitative estimate of drug-likeness (QED) is 0.524. The number of furan rings is 2. The van der Waals surface area contributed by atoms with E-state index in [1.807, 2.05) is 30.3 Å². The van der Waals surface area contributed by atoms with E-state index >= 15 is 0 Å². The monoisotopic (exact) mass is 439 g/mol. The van der Waals surface area contributed by atoms with Crippen molar-refractivity contribution < 1.29 is 18.4 Å². The Bertz CT molecular complexity index is 992. The fourth-order valence-corrected chi connectivity index (χ4v) is 4.93. The molecule has 0 saturated carbocycles. The van der Waals surface area contributed by atoms with Gasteiger partial charge < -0.3 is 13.6 Å². The van der Waals surface area contributed by atoms with Gasteiger partial charge in [0.2, 0.25) is 0 Å². The number of hydrogen-bond donors (Lipinski definition) is 0. The van der Waals surface area contributed by atoms with Gasteiger partial charge in [0.1, 0.15) is 23.3 Å². The Morgan fingerprint density at radius 3 is 2.81 bits per heavy atom. The summed E-state index contributed by atoms with van der Waals surface area (Å²) in [7, 11) is 0. The van der Waals surface area contributed by atoms with Crippen molar-refractivity contribution in [3.05, 3.63) is 70.7 Å². The van der Waals surface area contributed by atoms with E-state index in [1.165, 1.54) is 4.88 Å². The first-order chi connectivity index (χ1) is 15.3. The molecular formula is C23H25N3O4S. The predicted molar refractivity (Wildman–Crippen MR) is 117 cm³/mol. The van der Waals surface area contributed by atoms with Gasteiger partial charge in [-0.25, -0.2) is 5.01 Å². The Labute approximate surface area is 184 Å². The Hall–Kier alpha value is -2.68. The van der Waals surface area contributed by atoms with Crippen LogP contribution in [-0.2, 0) is 16.1 Å². The van der Waals surface area contributed by atoms with Gasteiger partial charge in [0.05, 0.1) is 25.2 Å². The van der Waals surface area contributed by atoms with Gasteiger partial charge in [0, 0.05) is 31.0 Å². The van der Waals surface area contributed by atoms with Crippen LogP contribution in [0.15, 0.2) is 68.2 Å². The van der Waals surface area contributed by atoms with Gasteiger partial charge in [-0.3, -0.25) is 9.69 Å². The second-order valence-corrected chi connectivity index (χ2v) is 8.91. The van der Waals surface area contributed by atoms with Crippen LogP contribution in [0.4, 0.5) is 0 Å². The lowest BCUT2D eigenvalue weighted by Crippen LogP contribution is -2.40. The van der Waals surface area contributed by atoms with Crippen molar-refractivity contribution in [3.8, 4) is 0 Å². The lowest BCUT2D eigenvalue weighted by atomic mass is 10.1. The van der Waals surface area contributed by atoms with Crippen molar-refractivity contribution in [2.75, 3.05) is 19.7 Å². The zero-order valence-electron chi connectivity index (χ0n) is 17.2. The number of hydrazone groups is 1. The van der Waals surface area contributed by atoms with E-state index in [4.69, 9.17) is 13.6 Å². The molecular weight excluding hydrogens is 414 g/mol. The summed E-state index contributed by atoms with van der Waals surface area (Å²) in [4.78, 5) is 16.8. The molecule has 1 amide bonds. The average molecular weight is 440 g/mol. The second kappa shape index (κ2) is 9.21. The largest absolute Gasteiger partial charge is 0.467 e. The number of thiophene rings is 1. The summed E-state index contributed by atoms with van der Waals surface area (Å²) < 4.78 is 17.0. The molecule has 0 aliphatic carbocycles. The molecule has 1 saturated heterocycles. The molecule has 162 valence electrons. The number of ether oxygens (including phenoxy) is 1. The van der Waals surface area contributed by atoms with Crippen LogP contribution >= 0.6 is 11.3 Å². The van der Waals surface area contributed by atoms with Crippen molar-refractivity contribution in [2.45, 2.75) is 38.0 Å². The van der Waals surface area contributed by atoms with E-state index in [0.717, 1.165) is 44.0 Å². The van der Waals surface area contributed by atoms with Gasteiger partial charge in [0.25, 0.3) is 5.91 Å². The summed E-state index contributed by atoms with van der Waals surface area (Å²) >= 11 is 1.70. The Kier molecular flexibility index (Phi) is 6.01. The van der Waals surface area contributed by atoms with Crippen LogP contribution in [0, 0.1) is 0 Å². The zero-order valence-corrected chi connectivity index (χ0v) is 18.0. The molecule has 2 aliphatic rings. The Morgan fingerprint density at radius 1 is 1.19 bits per heavy atom. The molecule has 3 aromatic heterocycles. The fourth-order valence-electron chi connectivity index (χ4n) is 4.18. The number of carbonyl (C=O) groups is 1. The highest BCUT2D eigenvalue weighted by Crippen LogP contribution is 2.33. The fraction of sp³-hybridized carbons (Fsp3) is 0.391. The molecule has 0 aromatic carbocycles. The van der Waals surface area contributed by atoms with Gasteiger partial charge in [-0.05, 0) is 48.6 Å². The third-order valence-electron chi connectivity index (χ3n) is 5.65. The van der Waals surface area contributed by atoms with Crippen molar-refractivity contribution in [1.82, 2.24) is 9.91 Å². The summed E-state index contributed by atoms with van der Waals surface area (Å²) in [6.07, 6.45) is 6.10. The molecule has 0 radical (unpaired) electrons. The maximum absolute atomic E-state index is 13.4. The van der Waals surface area contributed by atoms with Crippen LogP contribution in [0.5, 0.6) is 0 Å². The first-order valence-corrected chi connectivity index (χ1v) is 11.5. The van der Waals surface area contributed by atoms with Gasteiger partial charge in [-0.15, -0.1) is 11.3 Å². The van der Waals surface area contributed by atoms with Crippen molar-refractivity contribution in [1.29, 1.82) is 0 Å². The average Bonchev–Trinajstić information content (AvgIpc) is 3.59. The predicted octanol–water partition coefficient (Wildman–Crippen LogP) is 4.29. The van der Waals surface area contributed by atoms with Crippen LogP contribution in [0.2, 0.25) is 0 Å². The van der Waals surface area contributed by atoms with Gasteiger partial charge in [-0.1, -0.05) is 6.07 Å². The third kappa shape index (κ3) is 4.66. The smallest absolute Gasteiger partial charge is 0.257 e. The maximum Gasteiger partial charge on any atom is 0.257 e. The van der Waals surface area contributed by atoms with Crippen molar-refractivity contribution >= 4 is 23.0 Å². The molecule has 0 unspecified atom stereocenters. The first-order valence-electron chi connectivity index (χ1n) is 10.6. The third-order valence-corrected chi connectivity index (χ3v) is 6.51. The summed E-state index contributed by atoms with van der Waals surface area (Å²) in [6.45, 7) is 2.52. The molecule has 7 nitrogen and oxygen atoms in total. The first kappa shape index (κ1) is 20.2. The molecule has 0 spiro atoms. The molecule has 8 heteroatoms. The standard InChI is InChI=1S/C23H25N3O4S/c27-23(16-25(14-17-5-1-9-28-17)15-18-6-4-12-31-18)26-20(22-8-3-11-30-22)13-19(24-26)21-7-2-10-29-21/h2-4,6-8,10-12,17,20H,1,5,9,13-16H2/t17-,20-/m1/s1. The molecule has 5 rings (SSSR count). The lowest BCUT2D eigenvalue weighted by Gasteiger charge is -2.27. The van der Waals surface area contributed by atoms with Crippen LogP contribution < -0.4 is 0 Å². The topological polar surface area (TPSA) is 71.4 Å². The zero-order chi connectivity index (χ0) is 21.0. The molecule has 0 bridgehead atoms. The van der Waals surface area contributed by atoms with Crippen LogP contribution in [-0.4, -0.2) is 47.3 Å². The lowest BCUT2D eigenvalue weighted by molar-refractivity contribution is -0.135. The molecule has 0 N–H and O–H groups in total. The highest BCUT2D eigenvalue weighted by Gasteiger charge is 2.36. The van der Waals surface area contributed by atoms with Gasteiger partial charge >= 0.3 is 0 Å². The molecule has 2 aliphatic heterocycles. The molecule has 31 heavy (non-hydrogen) atoms. The number of carbonyl (C=O) groups excluding carboxylic acids is 1. The van der Waals surface area contributed by atoms with Gasteiger partial charge in [0.15, 0.2) is 0 Å². The van der Waals surface area contributed by atoms with E-state index in [9.17, 15) is 4.79 Å². The van der Waals surface area contributed by atoms with Gasteiger partial charge in [-0.2, -0.15) is 5.10 Å².